The lowest BCUT2D eigenvalue weighted by molar-refractivity contribution is -0.125. The molecule has 116 valence electrons. The van der Waals surface area contributed by atoms with Crippen LogP contribution in [0, 0.1) is 0 Å². The summed E-state index contributed by atoms with van der Waals surface area (Å²) in [5, 5.41) is 6.52. The number of nitrogens with zero attached hydrogens (tertiary/aromatic N) is 1. The number of hydrogen-bond acceptors (Lipinski definition) is 4. The molecule has 0 aromatic heterocycles. The molecule has 1 amide bonds. The van der Waals surface area contributed by atoms with Crippen LogP contribution in [0.4, 0.5) is 0 Å². The Morgan fingerprint density at radius 2 is 2.00 bits per heavy atom. The van der Waals surface area contributed by atoms with E-state index in [1.54, 1.807) is 7.11 Å². The fourth-order valence-electron chi connectivity index (χ4n) is 3.71. The first-order valence-electron chi connectivity index (χ1n) is 7.99. The summed E-state index contributed by atoms with van der Waals surface area (Å²) in [5.41, 5.74) is 0. The molecule has 2 aliphatic rings. The molecule has 2 aliphatic heterocycles. The van der Waals surface area contributed by atoms with Crippen molar-refractivity contribution in [3.63, 3.8) is 0 Å². The molecule has 2 saturated heterocycles. The van der Waals surface area contributed by atoms with E-state index in [1.807, 2.05) is 0 Å². The van der Waals surface area contributed by atoms with Crippen LogP contribution in [0.15, 0.2) is 0 Å². The first-order chi connectivity index (χ1) is 9.74. The van der Waals surface area contributed by atoms with E-state index in [1.165, 1.54) is 32.1 Å². The minimum absolute atomic E-state index is 0.140. The maximum absolute atomic E-state index is 12.0. The largest absolute Gasteiger partial charge is 0.383 e. The Bertz CT molecular complexity index is 297. The van der Waals surface area contributed by atoms with Crippen LogP contribution in [0.25, 0.3) is 0 Å². The van der Waals surface area contributed by atoms with Crippen molar-refractivity contribution in [2.75, 3.05) is 33.4 Å². The SMILES string of the molecule is CCNC1CC2CCCC(C1)N2CC(=O)NCCOC. The molecule has 2 fully saturated rings. The van der Waals surface area contributed by atoms with Gasteiger partial charge in [0.1, 0.15) is 0 Å². The quantitative estimate of drug-likeness (QED) is 0.677. The van der Waals surface area contributed by atoms with E-state index in [0.29, 0.717) is 37.8 Å². The number of piperidine rings is 2. The van der Waals surface area contributed by atoms with Gasteiger partial charge in [0.05, 0.1) is 13.2 Å². The van der Waals surface area contributed by atoms with Crippen molar-refractivity contribution in [2.24, 2.45) is 0 Å². The van der Waals surface area contributed by atoms with Crippen LogP contribution in [0.1, 0.15) is 39.0 Å². The van der Waals surface area contributed by atoms with Gasteiger partial charge >= 0.3 is 0 Å². The zero-order valence-corrected chi connectivity index (χ0v) is 12.9. The Hall–Kier alpha value is -0.650. The number of amides is 1. The maximum Gasteiger partial charge on any atom is 0.234 e. The maximum atomic E-state index is 12.0. The minimum Gasteiger partial charge on any atom is -0.383 e. The Kier molecular flexibility index (Phi) is 6.26. The third-order valence-electron chi connectivity index (χ3n) is 4.57. The lowest BCUT2D eigenvalue weighted by Crippen LogP contribution is -2.58. The zero-order chi connectivity index (χ0) is 14.4. The average molecular weight is 283 g/mol. The van der Waals surface area contributed by atoms with Crippen LogP contribution in [0.5, 0.6) is 0 Å². The van der Waals surface area contributed by atoms with Gasteiger partial charge < -0.3 is 15.4 Å². The lowest BCUT2D eigenvalue weighted by atomic mass is 9.81. The van der Waals surface area contributed by atoms with Crippen molar-refractivity contribution < 1.29 is 9.53 Å². The normalized spacial score (nSPS) is 30.2. The van der Waals surface area contributed by atoms with Crippen molar-refractivity contribution in [1.29, 1.82) is 0 Å². The summed E-state index contributed by atoms with van der Waals surface area (Å²) in [6.07, 6.45) is 6.18. The third kappa shape index (κ3) is 4.17. The van der Waals surface area contributed by atoms with E-state index in [9.17, 15) is 4.79 Å². The molecule has 2 atom stereocenters. The van der Waals surface area contributed by atoms with Crippen LogP contribution in [-0.4, -0.2) is 62.3 Å². The number of rotatable bonds is 7. The van der Waals surface area contributed by atoms with Crippen LogP contribution in [0.3, 0.4) is 0 Å². The molecular weight excluding hydrogens is 254 g/mol. The van der Waals surface area contributed by atoms with Crippen LogP contribution in [-0.2, 0) is 9.53 Å². The predicted octanol–water partition coefficient (Wildman–Crippen LogP) is 0.744. The highest BCUT2D eigenvalue weighted by Gasteiger charge is 2.38. The van der Waals surface area contributed by atoms with E-state index >= 15 is 0 Å². The fourth-order valence-corrected chi connectivity index (χ4v) is 3.71. The molecule has 0 spiro atoms. The molecule has 0 aromatic rings. The van der Waals surface area contributed by atoms with Crippen LogP contribution >= 0.6 is 0 Å². The average Bonchev–Trinajstić information content (AvgIpc) is 2.40. The monoisotopic (exact) mass is 283 g/mol. The van der Waals surface area contributed by atoms with E-state index in [-0.39, 0.29) is 5.91 Å². The Balaban J connectivity index is 1.83. The molecule has 2 bridgehead atoms. The number of nitrogens with one attached hydrogen (secondary N) is 2. The van der Waals surface area contributed by atoms with Crippen molar-refractivity contribution in [1.82, 2.24) is 15.5 Å². The summed E-state index contributed by atoms with van der Waals surface area (Å²) in [5.74, 6) is 0.140. The van der Waals surface area contributed by atoms with E-state index in [2.05, 4.69) is 22.5 Å². The van der Waals surface area contributed by atoms with Crippen molar-refractivity contribution in [2.45, 2.75) is 57.2 Å². The fraction of sp³-hybridized carbons (Fsp3) is 0.933. The van der Waals surface area contributed by atoms with Gasteiger partial charge in [0.2, 0.25) is 5.91 Å². The molecule has 5 nitrogen and oxygen atoms in total. The number of fused-ring (bicyclic) bond motifs is 2. The summed E-state index contributed by atoms with van der Waals surface area (Å²) in [6.45, 7) is 4.96. The molecule has 2 heterocycles. The zero-order valence-electron chi connectivity index (χ0n) is 12.9. The van der Waals surface area contributed by atoms with Crippen molar-refractivity contribution in [3.05, 3.63) is 0 Å². The molecule has 0 aliphatic carbocycles. The first kappa shape index (κ1) is 15.7. The van der Waals surface area contributed by atoms with Gasteiger partial charge in [-0.2, -0.15) is 0 Å². The van der Waals surface area contributed by atoms with E-state index in [0.717, 1.165) is 6.54 Å². The second kappa shape index (κ2) is 7.96. The van der Waals surface area contributed by atoms with Crippen LogP contribution in [0.2, 0.25) is 0 Å². The van der Waals surface area contributed by atoms with Crippen LogP contribution < -0.4 is 10.6 Å². The molecule has 2 N–H and O–H groups in total. The second-order valence-electron chi connectivity index (χ2n) is 5.98. The van der Waals surface area contributed by atoms with Crippen molar-refractivity contribution in [3.8, 4) is 0 Å². The molecule has 5 heteroatoms. The third-order valence-corrected chi connectivity index (χ3v) is 4.57. The first-order valence-corrected chi connectivity index (χ1v) is 7.99. The van der Waals surface area contributed by atoms with Gasteiger partial charge in [0, 0.05) is 31.8 Å². The minimum atomic E-state index is 0.140. The summed E-state index contributed by atoms with van der Waals surface area (Å²) in [7, 11) is 1.65. The molecular formula is C15H29N3O2. The highest BCUT2D eigenvalue weighted by atomic mass is 16.5. The highest BCUT2D eigenvalue weighted by Crippen LogP contribution is 2.33. The van der Waals surface area contributed by atoms with Gasteiger partial charge in [-0.25, -0.2) is 0 Å². The number of carbonyl (C=O) groups excluding carboxylic acids is 1. The Morgan fingerprint density at radius 1 is 1.30 bits per heavy atom. The Morgan fingerprint density at radius 3 is 2.60 bits per heavy atom. The van der Waals surface area contributed by atoms with Crippen molar-refractivity contribution >= 4 is 5.91 Å². The summed E-state index contributed by atoms with van der Waals surface area (Å²) in [4.78, 5) is 14.4. The molecule has 0 aromatic carbocycles. The molecule has 20 heavy (non-hydrogen) atoms. The number of methoxy groups -OCH3 is 1. The molecule has 2 rings (SSSR count). The second-order valence-corrected chi connectivity index (χ2v) is 5.98. The van der Waals surface area contributed by atoms with Gasteiger partial charge in [-0.1, -0.05) is 13.3 Å². The highest BCUT2D eigenvalue weighted by molar-refractivity contribution is 5.78. The summed E-state index contributed by atoms with van der Waals surface area (Å²) >= 11 is 0. The number of hydrogen-bond donors (Lipinski definition) is 2. The van der Waals surface area contributed by atoms with E-state index < -0.39 is 0 Å². The lowest BCUT2D eigenvalue weighted by Gasteiger charge is -2.48. The summed E-state index contributed by atoms with van der Waals surface area (Å²) < 4.78 is 4.96. The summed E-state index contributed by atoms with van der Waals surface area (Å²) in [6, 6.07) is 1.81. The van der Waals surface area contributed by atoms with Gasteiger partial charge in [0.15, 0.2) is 0 Å². The van der Waals surface area contributed by atoms with Gasteiger partial charge in [0.25, 0.3) is 0 Å². The van der Waals surface area contributed by atoms with Gasteiger partial charge in [-0.05, 0) is 32.2 Å². The Labute approximate surface area is 122 Å². The predicted molar refractivity (Wildman–Crippen MR) is 79.7 cm³/mol. The topological polar surface area (TPSA) is 53.6 Å². The standard InChI is InChI=1S/C15H29N3O2/c1-3-16-12-9-13-5-4-6-14(10-12)18(13)11-15(19)17-7-8-20-2/h12-14,16H,3-11H2,1-2H3,(H,17,19). The number of ether oxygens (including phenoxy) is 1. The molecule has 0 radical (unpaired) electrons. The molecule has 0 saturated carbocycles. The van der Waals surface area contributed by atoms with E-state index in [4.69, 9.17) is 4.74 Å². The smallest absolute Gasteiger partial charge is 0.234 e. The van der Waals surface area contributed by atoms with Gasteiger partial charge in [-0.15, -0.1) is 0 Å². The number of carbonyl (C=O) groups is 1. The molecule has 2 unspecified atom stereocenters. The van der Waals surface area contributed by atoms with Gasteiger partial charge in [-0.3, -0.25) is 9.69 Å².